The first-order chi connectivity index (χ1) is 8.30. The maximum absolute atomic E-state index is 5.99. The molecule has 0 bridgehead atoms. The summed E-state index contributed by atoms with van der Waals surface area (Å²) >= 11 is 0. The molecule has 0 radical (unpaired) electrons. The molecular formula is C15H31NO. The standard InChI is InChI=1S/C15H31NO/c1-4-13-8-7-9-15(12-13)17-11-10-16-14(5-2)6-3/h13-16H,4-12H2,1-3H3. The largest absolute Gasteiger partial charge is 0.377 e. The third-order valence-corrected chi connectivity index (χ3v) is 4.19. The van der Waals surface area contributed by atoms with E-state index in [1.807, 2.05) is 0 Å². The summed E-state index contributed by atoms with van der Waals surface area (Å²) in [5.41, 5.74) is 0. The molecule has 0 saturated heterocycles. The molecule has 0 spiro atoms. The molecule has 17 heavy (non-hydrogen) atoms. The highest BCUT2D eigenvalue weighted by Gasteiger charge is 2.20. The second-order valence-corrected chi connectivity index (χ2v) is 5.40. The summed E-state index contributed by atoms with van der Waals surface area (Å²) in [6.45, 7) is 8.70. The second kappa shape index (κ2) is 8.93. The van der Waals surface area contributed by atoms with Crippen LogP contribution in [0.2, 0.25) is 0 Å². The zero-order valence-corrected chi connectivity index (χ0v) is 12.0. The predicted octanol–water partition coefficient (Wildman–Crippen LogP) is 3.75. The van der Waals surface area contributed by atoms with Crippen molar-refractivity contribution in [2.45, 2.75) is 77.9 Å². The Balaban J connectivity index is 2.05. The molecule has 1 saturated carbocycles. The van der Waals surface area contributed by atoms with E-state index in [0.29, 0.717) is 12.1 Å². The summed E-state index contributed by atoms with van der Waals surface area (Å²) in [6, 6.07) is 0.674. The van der Waals surface area contributed by atoms with Crippen LogP contribution < -0.4 is 5.32 Å². The molecule has 2 unspecified atom stereocenters. The Morgan fingerprint density at radius 1 is 1.18 bits per heavy atom. The molecular weight excluding hydrogens is 210 g/mol. The summed E-state index contributed by atoms with van der Waals surface area (Å²) in [7, 11) is 0. The normalized spacial score (nSPS) is 25.4. The van der Waals surface area contributed by atoms with Crippen molar-refractivity contribution in [2.24, 2.45) is 5.92 Å². The van der Waals surface area contributed by atoms with Gasteiger partial charge in [-0.05, 0) is 31.6 Å². The van der Waals surface area contributed by atoms with Gasteiger partial charge >= 0.3 is 0 Å². The first-order valence-corrected chi connectivity index (χ1v) is 7.65. The molecule has 1 rings (SSSR count). The zero-order chi connectivity index (χ0) is 12.5. The average Bonchev–Trinajstić information content (AvgIpc) is 2.39. The molecule has 1 aliphatic rings. The van der Waals surface area contributed by atoms with Crippen LogP contribution in [0.5, 0.6) is 0 Å². The van der Waals surface area contributed by atoms with Gasteiger partial charge in [0.2, 0.25) is 0 Å². The average molecular weight is 241 g/mol. The number of hydrogen-bond donors (Lipinski definition) is 1. The van der Waals surface area contributed by atoms with Crippen molar-refractivity contribution >= 4 is 0 Å². The topological polar surface area (TPSA) is 21.3 Å². The highest BCUT2D eigenvalue weighted by molar-refractivity contribution is 4.72. The lowest BCUT2D eigenvalue weighted by Gasteiger charge is -2.28. The quantitative estimate of drug-likeness (QED) is 0.653. The van der Waals surface area contributed by atoms with Gasteiger partial charge < -0.3 is 10.1 Å². The van der Waals surface area contributed by atoms with Gasteiger partial charge in [0.25, 0.3) is 0 Å². The third kappa shape index (κ3) is 5.87. The monoisotopic (exact) mass is 241 g/mol. The summed E-state index contributed by atoms with van der Waals surface area (Å²) in [6.07, 6.45) is 9.66. The third-order valence-electron chi connectivity index (χ3n) is 4.19. The van der Waals surface area contributed by atoms with Gasteiger partial charge in [-0.2, -0.15) is 0 Å². The summed E-state index contributed by atoms with van der Waals surface area (Å²) in [4.78, 5) is 0. The van der Waals surface area contributed by atoms with Crippen LogP contribution in [0.3, 0.4) is 0 Å². The molecule has 2 nitrogen and oxygen atoms in total. The fourth-order valence-electron chi connectivity index (χ4n) is 2.83. The zero-order valence-electron chi connectivity index (χ0n) is 12.0. The molecule has 0 amide bonds. The van der Waals surface area contributed by atoms with Crippen LogP contribution >= 0.6 is 0 Å². The Kier molecular flexibility index (Phi) is 7.87. The van der Waals surface area contributed by atoms with Gasteiger partial charge in [-0.1, -0.05) is 40.0 Å². The van der Waals surface area contributed by atoms with Gasteiger partial charge in [0, 0.05) is 12.6 Å². The van der Waals surface area contributed by atoms with Gasteiger partial charge in [0.15, 0.2) is 0 Å². The minimum absolute atomic E-state index is 0.539. The predicted molar refractivity (Wildman–Crippen MR) is 74.4 cm³/mol. The van der Waals surface area contributed by atoms with Crippen molar-refractivity contribution in [1.82, 2.24) is 5.32 Å². The van der Waals surface area contributed by atoms with Crippen molar-refractivity contribution in [3.05, 3.63) is 0 Å². The number of nitrogens with one attached hydrogen (secondary N) is 1. The first kappa shape index (κ1) is 15.0. The van der Waals surface area contributed by atoms with Crippen LogP contribution in [0.15, 0.2) is 0 Å². The van der Waals surface area contributed by atoms with E-state index in [1.165, 1.54) is 44.9 Å². The highest BCUT2D eigenvalue weighted by atomic mass is 16.5. The number of ether oxygens (including phenoxy) is 1. The molecule has 102 valence electrons. The van der Waals surface area contributed by atoms with Crippen LogP contribution in [0.4, 0.5) is 0 Å². The van der Waals surface area contributed by atoms with Crippen molar-refractivity contribution < 1.29 is 4.74 Å². The van der Waals surface area contributed by atoms with Crippen molar-refractivity contribution in [1.29, 1.82) is 0 Å². The maximum atomic E-state index is 5.99. The van der Waals surface area contributed by atoms with Gasteiger partial charge in [0.1, 0.15) is 0 Å². The van der Waals surface area contributed by atoms with Gasteiger partial charge in [-0.15, -0.1) is 0 Å². The van der Waals surface area contributed by atoms with E-state index in [9.17, 15) is 0 Å². The van der Waals surface area contributed by atoms with Gasteiger partial charge in [0.05, 0.1) is 12.7 Å². The maximum Gasteiger partial charge on any atom is 0.0594 e. The number of rotatable bonds is 8. The Hall–Kier alpha value is -0.0800. The summed E-state index contributed by atoms with van der Waals surface area (Å²) in [5, 5.41) is 3.56. The Morgan fingerprint density at radius 3 is 2.59 bits per heavy atom. The Morgan fingerprint density at radius 2 is 1.94 bits per heavy atom. The van der Waals surface area contributed by atoms with Crippen LogP contribution in [0, 0.1) is 5.92 Å². The van der Waals surface area contributed by atoms with E-state index in [1.54, 1.807) is 0 Å². The van der Waals surface area contributed by atoms with E-state index in [4.69, 9.17) is 4.74 Å². The van der Waals surface area contributed by atoms with Crippen LogP contribution in [0.1, 0.15) is 65.7 Å². The lowest BCUT2D eigenvalue weighted by atomic mass is 9.85. The van der Waals surface area contributed by atoms with E-state index in [-0.39, 0.29) is 0 Å². The van der Waals surface area contributed by atoms with Crippen LogP contribution in [-0.2, 0) is 4.74 Å². The molecule has 2 atom stereocenters. The molecule has 1 fully saturated rings. The van der Waals surface area contributed by atoms with Crippen molar-refractivity contribution in [2.75, 3.05) is 13.2 Å². The molecule has 0 aromatic carbocycles. The molecule has 2 heteroatoms. The Bertz CT molecular complexity index is 180. The molecule has 0 aromatic heterocycles. The van der Waals surface area contributed by atoms with E-state index >= 15 is 0 Å². The van der Waals surface area contributed by atoms with Crippen molar-refractivity contribution in [3.8, 4) is 0 Å². The lowest BCUT2D eigenvalue weighted by Crippen LogP contribution is -2.32. The van der Waals surface area contributed by atoms with Crippen molar-refractivity contribution in [3.63, 3.8) is 0 Å². The Labute approximate surface area is 108 Å². The van der Waals surface area contributed by atoms with E-state index in [0.717, 1.165) is 19.1 Å². The molecule has 0 aromatic rings. The van der Waals surface area contributed by atoms with E-state index < -0.39 is 0 Å². The fraction of sp³-hybridized carbons (Fsp3) is 1.00. The SMILES string of the molecule is CCC1CCCC(OCCNC(CC)CC)C1. The lowest BCUT2D eigenvalue weighted by molar-refractivity contribution is 0.0134. The molecule has 1 N–H and O–H groups in total. The minimum atomic E-state index is 0.539. The highest BCUT2D eigenvalue weighted by Crippen LogP contribution is 2.28. The van der Waals surface area contributed by atoms with Crippen LogP contribution in [-0.4, -0.2) is 25.3 Å². The summed E-state index contributed by atoms with van der Waals surface area (Å²) < 4.78 is 5.99. The van der Waals surface area contributed by atoms with Crippen LogP contribution in [0.25, 0.3) is 0 Å². The van der Waals surface area contributed by atoms with Gasteiger partial charge in [-0.25, -0.2) is 0 Å². The smallest absolute Gasteiger partial charge is 0.0594 e. The van der Waals surface area contributed by atoms with E-state index in [2.05, 4.69) is 26.1 Å². The fourth-order valence-corrected chi connectivity index (χ4v) is 2.83. The molecule has 1 aliphatic carbocycles. The minimum Gasteiger partial charge on any atom is -0.377 e. The second-order valence-electron chi connectivity index (χ2n) is 5.40. The van der Waals surface area contributed by atoms with Gasteiger partial charge in [-0.3, -0.25) is 0 Å². The summed E-state index contributed by atoms with van der Waals surface area (Å²) in [5.74, 6) is 0.917. The molecule has 0 aliphatic heterocycles. The molecule has 0 heterocycles. The number of hydrogen-bond acceptors (Lipinski definition) is 2. The first-order valence-electron chi connectivity index (χ1n) is 7.65.